The molecule has 0 amide bonds. The van der Waals surface area contributed by atoms with E-state index in [1.54, 1.807) is 0 Å². The maximum atomic E-state index is 13.2. The molecule has 0 fully saturated rings. The van der Waals surface area contributed by atoms with Crippen LogP contribution in [0.2, 0.25) is 0 Å². The summed E-state index contributed by atoms with van der Waals surface area (Å²) in [6.45, 7) is 2.39. The highest BCUT2D eigenvalue weighted by Crippen LogP contribution is 2.31. The minimum atomic E-state index is -2.31. The molecule has 0 saturated heterocycles. The van der Waals surface area contributed by atoms with Gasteiger partial charge in [-0.25, -0.2) is 27.1 Å². The van der Waals surface area contributed by atoms with E-state index in [-0.39, 0.29) is 0 Å². The third-order valence-corrected chi connectivity index (χ3v) is 1.85. The van der Waals surface area contributed by atoms with Crippen LogP contribution < -0.4 is 5.12 Å². The molecule has 0 aromatic heterocycles. The summed E-state index contributed by atoms with van der Waals surface area (Å²) in [6.07, 6.45) is 0. The summed E-state index contributed by atoms with van der Waals surface area (Å²) < 4.78 is 77.1. The van der Waals surface area contributed by atoms with Crippen LogP contribution in [-0.2, 0) is 0 Å². The summed E-state index contributed by atoms with van der Waals surface area (Å²) in [4.78, 5) is 0. The fraction of sp³-hybridized carbons (Fsp3) is 0.333. The van der Waals surface area contributed by atoms with Crippen LogP contribution in [0.15, 0.2) is 0 Å². The molecule has 90 valence electrons. The first kappa shape index (κ1) is 12.7. The van der Waals surface area contributed by atoms with Crippen molar-refractivity contribution < 1.29 is 26.4 Å². The number of benzene rings is 1. The quantitative estimate of drug-likeness (QED) is 0.332. The van der Waals surface area contributed by atoms with Crippen molar-refractivity contribution in [2.24, 2.45) is 0 Å². The van der Waals surface area contributed by atoms with Gasteiger partial charge in [0.25, 0.3) is 0 Å². The lowest BCUT2D eigenvalue weighted by Gasteiger charge is -2.19. The second kappa shape index (κ2) is 4.23. The van der Waals surface area contributed by atoms with Crippen molar-refractivity contribution in [1.29, 1.82) is 0 Å². The lowest BCUT2D eigenvalue weighted by atomic mass is 10.2. The Bertz CT molecular complexity index is 388. The Hall–Kier alpha value is -1.40. The Morgan fingerprint density at radius 2 is 1.06 bits per heavy atom. The van der Waals surface area contributed by atoms with Crippen LogP contribution in [0.4, 0.5) is 32.1 Å². The summed E-state index contributed by atoms with van der Waals surface area (Å²) in [5.41, 5.74) is -1.58. The zero-order chi connectivity index (χ0) is 12.6. The Kier molecular flexibility index (Phi) is 3.35. The predicted molar refractivity (Wildman–Crippen MR) is 45.0 cm³/mol. The van der Waals surface area contributed by atoms with Crippen molar-refractivity contribution in [3.63, 3.8) is 0 Å². The molecule has 0 spiro atoms. The normalized spacial score (nSPS) is 11.1. The molecule has 0 aliphatic rings. The van der Waals surface area contributed by atoms with E-state index in [2.05, 4.69) is 0 Å². The summed E-state index contributed by atoms with van der Waals surface area (Å²) in [6, 6.07) is -1.06. The van der Waals surface area contributed by atoms with Gasteiger partial charge in [-0.05, 0) is 13.8 Å². The standard InChI is InChI=1S/C9H7F6N/c1-3(2)16(15)9-7(13)5(11)4(10)6(12)8(9)14/h3H,1-2H3. The molecule has 0 aliphatic carbocycles. The van der Waals surface area contributed by atoms with Gasteiger partial charge in [0.2, 0.25) is 5.82 Å². The van der Waals surface area contributed by atoms with E-state index in [4.69, 9.17) is 0 Å². The molecule has 1 rings (SSSR count). The maximum absolute atomic E-state index is 13.2. The van der Waals surface area contributed by atoms with Gasteiger partial charge in [0.1, 0.15) is 5.69 Å². The molecule has 16 heavy (non-hydrogen) atoms. The number of rotatable bonds is 2. The average Bonchev–Trinajstić information content (AvgIpc) is 2.23. The van der Waals surface area contributed by atoms with E-state index in [1.807, 2.05) is 0 Å². The fourth-order valence-corrected chi connectivity index (χ4v) is 1.04. The molecule has 0 unspecified atom stereocenters. The van der Waals surface area contributed by atoms with Crippen LogP contribution in [0.5, 0.6) is 0 Å². The zero-order valence-corrected chi connectivity index (χ0v) is 8.29. The average molecular weight is 243 g/mol. The second-order valence-corrected chi connectivity index (χ2v) is 3.32. The van der Waals surface area contributed by atoms with E-state index >= 15 is 0 Å². The molecule has 1 aromatic rings. The largest absolute Gasteiger partial charge is 0.203 e. The number of hydrogen-bond donors (Lipinski definition) is 0. The van der Waals surface area contributed by atoms with Gasteiger partial charge >= 0.3 is 0 Å². The van der Waals surface area contributed by atoms with Gasteiger partial charge in [-0.2, -0.15) is 0 Å². The van der Waals surface area contributed by atoms with Crippen molar-refractivity contribution in [1.82, 2.24) is 0 Å². The Balaban J connectivity index is 3.51. The molecule has 0 bridgehead atoms. The van der Waals surface area contributed by atoms with Crippen LogP contribution in [0.25, 0.3) is 0 Å². The van der Waals surface area contributed by atoms with E-state index in [1.165, 1.54) is 13.8 Å². The van der Waals surface area contributed by atoms with Crippen molar-refractivity contribution in [3.8, 4) is 0 Å². The van der Waals surface area contributed by atoms with Crippen LogP contribution in [0.1, 0.15) is 13.8 Å². The SMILES string of the molecule is CC(C)N(F)c1c(F)c(F)c(F)c(F)c1F. The number of hydrogen-bond acceptors (Lipinski definition) is 1. The van der Waals surface area contributed by atoms with Gasteiger partial charge in [-0.1, -0.05) is 4.48 Å². The summed E-state index contributed by atoms with van der Waals surface area (Å²) in [5.74, 6) is -11.0. The van der Waals surface area contributed by atoms with Crippen LogP contribution in [-0.4, -0.2) is 6.04 Å². The highest BCUT2D eigenvalue weighted by atomic mass is 19.2. The van der Waals surface area contributed by atoms with Gasteiger partial charge < -0.3 is 0 Å². The van der Waals surface area contributed by atoms with E-state index in [0.717, 1.165) is 0 Å². The van der Waals surface area contributed by atoms with E-state index in [0.29, 0.717) is 0 Å². The van der Waals surface area contributed by atoms with Crippen LogP contribution in [0, 0.1) is 29.1 Å². The molecular formula is C9H7F6N. The predicted octanol–water partition coefficient (Wildman–Crippen LogP) is 3.48. The molecule has 1 aromatic carbocycles. The zero-order valence-electron chi connectivity index (χ0n) is 8.29. The molecular weight excluding hydrogens is 236 g/mol. The van der Waals surface area contributed by atoms with Gasteiger partial charge in [0.05, 0.1) is 6.04 Å². The van der Waals surface area contributed by atoms with Gasteiger partial charge in [-0.15, -0.1) is 0 Å². The third kappa shape index (κ3) is 1.81. The maximum Gasteiger partial charge on any atom is 0.200 e. The Morgan fingerprint density at radius 3 is 1.38 bits per heavy atom. The molecule has 0 N–H and O–H groups in total. The summed E-state index contributed by atoms with van der Waals surface area (Å²) in [7, 11) is 0. The minimum absolute atomic E-state index is 0.518. The first-order valence-corrected chi connectivity index (χ1v) is 4.25. The Morgan fingerprint density at radius 1 is 0.750 bits per heavy atom. The first-order chi connectivity index (χ1) is 7.29. The minimum Gasteiger partial charge on any atom is -0.203 e. The summed E-state index contributed by atoms with van der Waals surface area (Å²) >= 11 is 0. The van der Waals surface area contributed by atoms with Gasteiger partial charge in [0.15, 0.2) is 23.3 Å². The third-order valence-electron chi connectivity index (χ3n) is 1.85. The molecule has 0 radical (unpaired) electrons. The van der Waals surface area contributed by atoms with Crippen molar-refractivity contribution in [3.05, 3.63) is 29.1 Å². The smallest absolute Gasteiger partial charge is 0.200 e. The van der Waals surface area contributed by atoms with Crippen molar-refractivity contribution in [2.75, 3.05) is 5.12 Å². The fourth-order valence-electron chi connectivity index (χ4n) is 1.04. The first-order valence-electron chi connectivity index (χ1n) is 4.25. The molecule has 0 saturated carbocycles. The van der Waals surface area contributed by atoms with Gasteiger partial charge in [-0.3, -0.25) is 0 Å². The molecule has 7 heteroatoms. The molecule has 0 atom stereocenters. The Labute approximate surface area is 87.2 Å². The van der Waals surface area contributed by atoms with Gasteiger partial charge in [0, 0.05) is 0 Å². The molecule has 0 aliphatic heterocycles. The topological polar surface area (TPSA) is 3.24 Å². The lowest BCUT2D eigenvalue weighted by molar-refractivity contribution is 0.340. The van der Waals surface area contributed by atoms with Crippen molar-refractivity contribution in [2.45, 2.75) is 19.9 Å². The number of nitrogens with zero attached hydrogens (tertiary/aromatic N) is 1. The lowest BCUT2D eigenvalue weighted by Crippen LogP contribution is -2.25. The monoisotopic (exact) mass is 243 g/mol. The van der Waals surface area contributed by atoms with Crippen LogP contribution >= 0.6 is 0 Å². The van der Waals surface area contributed by atoms with E-state index in [9.17, 15) is 26.4 Å². The second-order valence-electron chi connectivity index (χ2n) is 3.32. The molecule has 0 heterocycles. The highest BCUT2D eigenvalue weighted by molar-refractivity contribution is 5.48. The summed E-state index contributed by atoms with van der Waals surface area (Å²) in [5, 5.41) is -0.518. The number of halogens is 6. The van der Waals surface area contributed by atoms with E-state index < -0.39 is 45.9 Å². The van der Waals surface area contributed by atoms with Crippen molar-refractivity contribution >= 4 is 5.69 Å². The molecule has 1 nitrogen and oxygen atoms in total. The van der Waals surface area contributed by atoms with Crippen LogP contribution in [0.3, 0.4) is 0 Å². The highest BCUT2D eigenvalue weighted by Gasteiger charge is 2.30. The number of anilines is 1.